The van der Waals surface area contributed by atoms with Gasteiger partial charge in [0, 0.05) is 12.1 Å². The minimum absolute atomic E-state index is 0.635. The summed E-state index contributed by atoms with van der Waals surface area (Å²) in [7, 11) is 0. The van der Waals surface area contributed by atoms with Crippen molar-refractivity contribution in [1.82, 2.24) is 19.7 Å². The van der Waals surface area contributed by atoms with Crippen molar-refractivity contribution in [2.24, 2.45) is 0 Å². The summed E-state index contributed by atoms with van der Waals surface area (Å²) < 4.78 is 1.69. The highest BCUT2D eigenvalue weighted by Crippen LogP contribution is 2.20. The number of nitrogens with one attached hydrogen (secondary N) is 1. The van der Waals surface area contributed by atoms with Crippen molar-refractivity contribution in [1.29, 1.82) is 0 Å². The van der Waals surface area contributed by atoms with Crippen LogP contribution < -0.4 is 5.32 Å². The second-order valence-electron chi connectivity index (χ2n) is 4.10. The summed E-state index contributed by atoms with van der Waals surface area (Å²) in [5.41, 5.74) is 1.75. The van der Waals surface area contributed by atoms with Gasteiger partial charge in [0.2, 0.25) is 0 Å². The molecule has 0 bridgehead atoms. The van der Waals surface area contributed by atoms with Gasteiger partial charge in [-0.15, -0.1) is 0 Å². The van der Waals surface area contributed by atoms with E-state index >= 15 is 0 Å². The first kappa shape index (κ1) is 12.8. The molecule has 2 aromatic heterocycles. The van der Waals surface area contributed by atoms with Gasteiger partial charge in [0.15, 0.2) is 5.82 Å². The molecule has 0 fully saturated rings. The summed E-state index contributed by atoms with van der Waals surface area (Å²) in [5, 5.41) is 8.23. The number of aromatic nitrogens is 4. The lowest BCUT2D eigenvalue weighted by atomic mass is 10.3. The predicted molar refractivity (Wildman–Crippen MR) is 72.4 cm³/mol. The van der Waals surface area contributed by atoms with Crippen LogP contribution in [0, 0.1) is 13.8 Å². The molecule has 2 rings (SSSR count). The molecule has 5 nitrogen and oxygen atoms in total. The Morgan fingerprint density at radius 1 is 1.33 bits per heavy atom. The van der Waals surface area contributed by atoms with Gasteiger partial charge in [-0.05, 0) is 20.3 Å². The molecule has 2 heterocycles. The van der Waals surface area contributed by atoms with Crippen LogP contribution in [0.5, 0.6) is 0 Å². The van der Waals surface area contributed by atoms with Gasteiger partial charge in [-0.25, -0.2) is 14.6 Å². The summed E-state index contributed by atoms with van der Waals surface area (Å²) in [6, 6.07) is 0. The summed E-state index contributed by atoms with van der Waals surface area (Å²) in [6.07, 6.45) is 4.34. The highest BCUT2D eigenvalue weighted by molar-refractivity contribution is 6.31. The van der Waals surface area contributed by atoms with Crippen LogP contribution in [0.3, 0.4) is 0 Å². The first-order valence-corrected chi connectivity index (χ1v) is 6.29. The molecule has 0 saturated heterocycles. The van der Waals surface area contributed by atoms with E-state index < -0.39 is 0 Å². The minimum Gasteiger partial charge on any atom is -0.370 e. The zero-order valence-electron chi connectivity index (χ0n) is 10.7. The van der Waals surface area contributed by atoms with Crippen LogP contribution in [0.1, 0.15) is 24.6 Å². The van der Waals surface area contributed by atoms with E-state index in [4.69, 9.17) is 11.6 Å². The molecule has 0 saturated carbocycles. The highest BCUT2D eigenvalue weighted by Gasteiger charge is 2.11. The van der Waals surface area contributed by atoms with Crippen molar-refractivity contribution in [3.8, 4) is 5.82 Å². The summed E-state index contributed by atoms with van der Waals surface area (Å²) in [4.78, 5) is 8.50. The van der Waals surface area contributed by atoms with E-state index in [9.17, 15) is 0 Å². The summed E-state index contributed by atoms with van der Waals surface area (Å²) in [6.45, 7) is 6.83. The normalized spacial score (nSPS) is 10.7. The van der Waals surface area contributed by atoms with E-state index in [0.717, 1.165) is 35.9 Å². The van der Waals surface area contributed by atoms with Crippen molar-refractivity contribution in [2.45, 2.75) is 27.2 Å². The molecule has 0 amide bonds. The van der Waals surface area contributed by atoms with Crippen LogP contribution in [0.2, 0.25) is 5.02 Å². The van der Waals surface area contributed by atoms with E-state index in [1.165, 1.54) is 6.33 Å². The van der Waals surface area contributed by atoms with E-state index in [0.29, 0.717) is 5.02 Å². The third-order valence-corrected chi connectivity index (χ3v) is 3.03. The number of nitrogens with zero attached hydrogens (tertiary/aromatic N) is 4. The van der Waals surface area contributed by atoms with Gasteiger partial charge in [0.05, 0.1) is 16.9 Å². The van der Waals surface area contributed by atoms with Crippen molar-refractivity contribution >= 4 is 17.4 Å². The predicted octanol–water partition coefficient (Wildman–Crippen LogP) is 2.75. The maximum Gasteiger partial charge on any atom is 0.161 e. The SMILES string of the molecule is CCCNc1ncnc(-n2cc(Cl)c(C)n2)c1C. The molecule has 0 spiro atoms. The molecular formula is C12H16ClN5. The number of hydrogen-bond donors (Lipinski definition) is 1. The second kappa shape index (κ2) is 5.35. The molecule has 0 aliphatic carbocycles. The Morgan fingerprint density at radius 3 is 2.72 bits per heavy atom. The molecule has 6 heteroatoms. The number of anilines is 1. The van der Waals surface area contributed by atoms with Gasteiger partial charge in [-0.1, -0.05) is 18.5 Å². The molecule has 18 heavy (non-hydrogen) atoms. The second-order valence-corrected chi connectivity index (χ2v) is 4.51. The zero-order chi connectivity index (χ0) is 13.1. The Labute approximate surface area is 111 Å². The molecule has 2 aromatic rings. The molecular weight excluding hydrogens is 250 g/mol. The van der Waals surface area contributed by atoms with Gasteiger partial charge in [-0.3, -0.25) is 0 Å². The molecule has 96 valence electrons. The highest BCUT2D eigenvalue weighted by atomic mass is 35.5. The van der Waals surface area contributed by atoms with Crippen LogP contribution in [0.4, 0.5) is 5.82 Å². The van der Waals surface area contributed by atoms with Crippen molar-refractivity contribution < 1.29 is 0 Å². The summed E-state index contributed by atoms with van der Waals surface area (Å²) >= 11 is 6.01. The Balaban J connectivity index is 2.39. The van der Waals surface area contributed by atoms with Crippen LogP contribution in [-0.4, -0.2) is 26.3 Å². The molecule has 0 unspecified atom stereocenters. The molecule has 0 aliphatic rings. The first-order valence-electron chi connectivity index (χ1n) is 5.91. The number of halogens is 1. The fourth-order valence-corrected chi connectivity index (χ4v) is 1.77. The maximum atomic E-state index is 6.01. The first-order chi connectivity index (χ1) is 8.63. The third kappa shape index (κ3) is 2.46. The average Bonchev–Trinajstić information content (AvgIpc) is 2.68. The van der Waals surface area contributed by atoms with Crippen LogP contribution >= 0.6 is 11.6 Å². The lowest BCUT2D eigenvalue weighted by Gasteiger charge is -2.10. The lowest BCUT2D eigenvalue weighted by molar-refractivity contribution is 0.815. The largest absolute Gasteiger partial charge is 0.370 e. The van der Waals surface area contributed by atoms with Crippen molar-refractivity contribution in [3.05, 3.63) is 28.8 Å². The molecule has 0 radical (unpaired) electrons. The number of aryl methyl sites for hydroxylation is 1. The van der Waals surface area contributed by atoms with Crippen LogP contribution in [-0.2, 0) is 0 Å². The Kier molecular flexibility index (Phi) is 3.81. The molecule has 0 aliphatic heterocycles. The van der Waals surface area contributed by atoms with Crippen molar-refractivity contribution in [2.75, 3.05) is 11.9 Å². The van der Waals surface area contributed by atoms with Gasteiger partial charge in [-0.2, -0.15) is 5.10 Å². The fraction of sp³-hybridized carbons (Fsp3) is 0.417. The number of hydrogen-bond acceptors (Lipinski definition) is 4. The molecule has 0 aromatic carbocycles. The lowest BCUT2D eigenvalue weighted by Crippen LogP contribution is -2.09. The van der Waals surface area contributed by atoms with Gasteiger partial charge in [0.25, 0.3) is 0 Å². The zero-order valence-corrected chi connectivity index (χ0v) is 11.5. The Hall–Kier alpha value is -1.62. The fourth-order valence-electron chi connectivity index (χ4n) is 1.64. The third-order valence-electron chi connectivity index (χ3n) is 2.66. The van der Waals surface area contributed by atoms with E-state index in [1.54, 1.807) is 10.9 Å². The average molecular weight is 266 g/mol. The summed E-state index contributed by atoms with van der Waals surface area (Å²) in [5.74, 6) is 1.59. The Morgan fingerprint density at radius 2 is 2.11 bits per heavy atom. The van der Waals surface area contributed by atoms with Gasteiger partial charge in [0.1, 0.15) is 12.1 Å². The monoisotopic (exact) mass is 265 g/mol. The standard InChI is InChI=1S/C12H16ClN5/c1-4-5-14-11-8(2)12(16-7-15-11)18-6-10(13)9(3)17-18/h6-7H,4-5H2,1-3H3,(H,14,15,16). The van der Waals surface area contributed by atoms with Crippen LogP contribution in [0.15, 0.2) is 12.5 Å². The van der Waals surface area contributed by atoms with E-state index in [-0.39, 0.29) is 0 Å². The van der Waals surface area contributed by atoms with Crippen LogP contribution in [0.25, 0.3) is 5.82 Å². The molecule has 0 atom stereocenters. The maximum absolute atomic E-state index is 6.01. The van der Waals surface area contributed by atoms with E-state index in [1.807, 2.05) is 13.8 Å². The molecule has 1 N–H and O–H groups in total. The Bertz CT molecular complexity index is 530. The quantitative estimate of drug-likeness (QED) is 0.924. The smallest absolute Gasteiger partial charge is 0.161 e. The van der Waals surface area contributed by atoms with Gasteiger partial charge < -0.3 is 5.32 Å². The number of rotatable bonds is 4. The van der Waals surface area contributed by atoms with E-state index in [2.05, 4.69) is 27.3 Å². The van der Waals surface area contributed by atoms with Gasteiger partial charge >= 0.3 is 0 Å². The topological polar surface area (TPSA) is 55.6 Å². The van der Waals surface area contributed by atoms with Crippen molar-refractivity contribution in [3.63, 3.8) is 0 Å². The minimum atomic E-state index is 0.635.